The van der Waals surface area contributed by atoms with E-state index in [0.29, 0.717) is 74.7 Å². The van der Waals surface area contributed by atoms with Crippen LogP contribution in [0.1, 0.15) is 51.6 Å². The molecule has 13 nitrogen and oxygen atoms in total. The molecule has 5 heterocycles. The summed E-state index contributed by atoms with van der Waals surface area (Å²) in [7, 11) is 0. The van der Waals surface area contributed by atoms with Crippen molar-refractivity contribution in [3.05, 3.63) is 30.4 Å². The second-order valence-electron chi connectivity index (χ2n) is 11.2. The number of amides is 1. The van der Waals surface area contributed by atoms with Crippen LogP contribution in [0.2, 0.25) is 0 Å². The Morgan fingerprint density at radius 2 is 1.87 bits per heavy atom. The number of carbonyl (C=O) groups is 1. The summed E-state index contributed by atoms with van der Waals surface area (Å²) >= 11 is 0. The highest BCUT2D eigenvalue weighted by molar-refractivity contribution is 5.99. The van der Waals surface area contributed by atoms with Crippen LogP contribution in [0.3, 0.4) is 0 Å². The molecule has 2 saturated heterocycles. The highest BCUT2D eigenvalue weighted by atomic mass is 16.5. The molecule has 0 unspecified atom stereocenters. The van der Waals surface area contributed by atoms with Gasteiger partial charge in [0.25, 0.3) is 5.91 Å². The van der Waals surface area contributed by atoms with Gasteiger partial charge in [-0.15, -0.1) is 0 Å². The fraction of sp³-hybridized carbons (Fsp3) is 0.560. The van der Waals surface area contributed by atoms with Crippen molar-refractivity contribution in [3.63, 3.8) is 0 Å². The zero-order chi connectivity index (χ0) is 26.3. The van der Waals surface area contributed by atoms with Gasteiger partial charge in [0.1, 0.15) is 5.54 Å². The van der Waals surface area contributed by atoms with E-state index < -0.39 is 5.54 Å². The van der Waals surface area contributed by atoms with Crippen LogP contribution < -0.4 is 20.4 Å². The molecule has 0 radical (unpaired) electrons. The Morgan fingerprint density at radius 1 is 1.08 bits per heavy atom. The van der Waals surface area contributed by atoms with Gasteiger partial charge in [-0.3, -0.25) is 14.9 Å². The first-order valence-corrected chi connectivity index (χ1v) is 13.1. The molecule has 3 aromatic rings. The van der Waals surface area contributed by atoms with Crippen molar-refractivity contribution in [2.45, 2.75) is 51.5 Å². The van der Waals surface area contributed by atoms with Gasteiger partial charge in [-0.2, -0.15) is 20.1 Å². The molecule has 0 bridgehead atoms. The summed E-state index contributed by atoms with van der Waals surface area (Å²) in [5.74, 6) is 2.78. The fourth-order valence-corrected chi connectivity index (χ4v) is 5.35. The average Bonchev–Trinajstić information content (AvgIpc) is 3.60. The topological polar surface area (TPSA) is 150 Å². The minimum atomic E-state index is -0.923. The Balaban J connectivity index is 1.35. The maximum absolute atomic E-state index is 13.7. The van der Waals surface area contributed by atoms with Crippen LogP contribution in [0.5, 0.6) is 0 Å². The first-order valence-electron chi connectivity index (χ1n) is 13.1. The number of rotatable bonds is 7. The molecule has 0 aromatic carbocycles. The van der Waals surface area contributed by atoms with E-state index in [1.54, 1.807) is 12.4 Å². The molecule has 3 fully saturated rings. The summed E-state index contributed by atoms with van der Waals surface area (Å²) in [4.78, 5) is 40.4. The summed E-state index contributed by atoms with van der Waals surface area (Å²) in [5, 5.41) is 13.7. The second-order valence-corrected chi connectivity index (χ2v) is 11.2. The van der Waals surface area contributed by atoms with Crippen molar-refractivity contribution in [1.29, 1.82) is 0 Å². The lowest BCUT2D eigenvalue weighted by Crippen LogP contribution is -2.52. The summed E-state index contributed by atoms with van der Waals surface area (Å²) in [6, 6.07) is 2.01. The van der Waals surface area contributed by atoms with E-state index in [0.717, 1.165) is 5.69 Å². The number of H-pyrrole nitrogens is 1. The molecule has 1 amide bonds. The van der Waals surface area contributed by atoms with Crippen LogP contribution in [-0.4, -0.2) is 79.4 Å². The normalized spacial score (nSPS) is 22.9. The molecule has 3 N–H and O–H groups in total. The monoisotopic (exact) mass is 519 g/mol. The zero-order valence-electron chi connectivity index (χ0n) is 21.9. The van der Waals surface area contributed by atoms with Gasteiger partial charge in [0.15, 0.2) is 11.6 Å². The van der Waals surface area contributed by atoms with E-state index in [9.17, 15) is 4.79 Å². The molecule has 3 aliphatic rings. The van der Waals surface area contributed by atoms with Crippen LogP contribution in [0.25, 0.3) is 0 Å². The van der Waals surface area contributed by atoms with Crippen molar-refractivity contribution >= 4 is 35.4 Å². The first kappa shape index (κ1) is 24.5. The Kier molecular flexibility index (Phi) is 6.09. The Hall–Kier alpha value is -3.87. The third kappa shape index (κ3) is 4.97. The van der Waals surface area contributed by atoms with Crippen LogP contribution in [0, 0.1) is 5.41 Å². The summed E-state index contributed by atoms with van der Waals surface area (Å²) in [6.45, 7) is 9.36. The van der Waals surface area contributed by atoms with Crippen molar-refractivity contribution in [2.24, 2.45) is 5.41 Å². The van der Waals surface area contributed by atoms with E-state index >= 15 is 0 Å². The molecule has 0 spiro atoms. The predicted octanol–water partition coefficient (Wildman–Crippen LogP) is 2.48. The first-order chi connectivity index (χ1) is 18.3. The molecule has 3 aromatic heterocycles. The van der Waals surface area contributed by atoms with Gasteiger partial charge in [-0.1, -0.05) is 13.8 Å². The molecule has 1 aliphatic carbocycles. The van der Waals surface area contributed by atoms with Crippen LogP contribution in [0.4, 0.5) is 29.5 Å². The number of anilines is 5. The lowest BCUT2D eigenvalue weighted by molar-refractivity contribution is -0.120. The number of ether oxygens (including phenoxy) is 1. The lowest BCUT2D eigenvalue weighted by atomic mass is 9.84. The van der Waals surface area contributed by atoms with E-state index in [1.165, 1.54) is 19.0 Å². The standard InChI is InChI=1S/C25H33N11O2/c1-24(2)14-25(3,20(37)28-19-13-26-6-7-27-19)36(15-24)23-31-21(29-18-12-17(33-34-18)16-4-5-16)30-22(32-23)35-8-10-38-11-9-35/h6-7,12-13,16H,4-5,8-11,14-15H2,1-3H3,(H,27,28,37)(H2,29,30,31,32,33,34)/t25-/m0/s1. The minimum Gasteiger partial charge on any atom is -0.378 e. The molecule has 38 heavy (non-hydrogen) atoms. The zero-order valence-corrected chi connectivity index (χ0v) is 21.9. The van der Waals surface area contributed by atoms with Crippen molar-refractivity contribution in [1.82, 2.24) is 35.1 Å². The Labute approximate surface area is 220 Å². The lowest BCUT2D eigenvalue weighted by Gasteiger charge is -2.34. The molecular formula is C25H33N11O2. The highest BCUT2D eigenvalue weighted by Crippen LogP contribution is 2.44. The quantitative estimate of drug-likeness (QED) is 0.422. The van der Waals surface area contributed by atoms with Crippen LogP contribution >= 0.6 is 0 Å². The van der Waals surface area contributed by atoms with Gasteiger partial charge < -0.3 is 25.2 Å². The number of morpholine rings is 1. The van der Waals surface area contributed by atoms with E-state index in [2.05, 4.69) is 49.5 Å². The van der Waals surface area contributed by atoms with Crippen molar-refractivity contribution in [2.75, 3.05) is 53.3 Å². The maximum atomic E-state index is 13.7. The summed E-state index contributed by atoms with van der Waals surface area (Å²) in [6.07, 6.45) is 7.63. The maximum Gasteiger partial charge on any atom is 0.251 e. The van der Waals surface area contributed by atoms with Crippen LogP contribution in [0.15, 0.2) is 24.7 Å². The molecule has 1 atom stereocenters. The second kappa shape index (κ2) is 9.46. The van der Waals surface area contributed by atoms with Gasteiger partial charge in [-0.25, -0.2) is 4.98 Å². The van der Waals surface area contributed by atoms with E-state index in [-0.39, 0.29) is 11.3 Å². The Morgan fingerprint density at radius 3 is 2.61 bits per heavy atom. The third-order valence-corrected chi connectivity index (χ3v) is 7.30. The number of aromatic nitrogens is 7. The largest absolute Gasteiger partial charge is 0.378 e. The van der Waals surface area contributed by atoms with Gasteiger partial charge in [-0.05, 0) is 31.6 Å². The van der Waals surface area contributed by atoms with Gasteiger partial charge in [0.05, 0.1) is 19.4 Å². The number of carbonyl (C=O) groups excluding carboxylic acids is 1. The molecule has 13 heteroatoms. The summed E-state index contributed by atoms with van der Waals surface area (Å²) in [5.41, 5.74) is 0.0347. The molecule has 2 aliphatic heterocycles. The van der Waals surface area contributed by atoms with Crippen molar-refractivity contribution < 1.29 is 9.53 Å². The molecular weight excluding hydrogens is 486 g/mol. The Bertz CT molecular complexity index is 1300. The average molecular weight is 520 g/mol. The smallest absolute Gasteiger partial charge is 0.251 e. The number of nitrogens with zero attached hydrogens (tertiary/aromatic N) is 8. The molecule has 1 saturated carbocycles. The molecule has 200 valence electrons. The van der Waals surface area contributed by atoms with Gasteiger partial charge in [0.2, 0.25) is 17.8 Å². The predicted molar refractivity (Wildman–Crippen MR) is 142 cm³/mol. The van der Waals surface area contributed by atoms with Gasteiger partial charge >= 0.3 is 0 Å². The van der Waals surface area contributed by atoms with Crippen LogP contribution in [-0.2, 0) is 9.53 Å². The number of nitrogens with one attached hydrogen (secondary N) is 3. The SMILES string of the molecule is CC1(C)CN(c2nc(Nc3cc(C4CC4)[nH]n3)nc(N3CCOCC3)n2)[C@](C)(C(=O)Nc2cnccn2)C1. The number of hydrogen-bond donors (Lipinski definition) is 3. The number of aromatic amines is 1. The summed E-state index contributed by atoms with van der Waals surface area (Å²) < 4.78 is 5.54. The number of hydrogen-bond acceptors (Lipinski definition) is 11. The van der Waals surface area contributed by atoms with Crippen molar-refractivity contribution in [3.8, 4) is 0 Å². The molecule has 6 rings (SSSR count). The minimum absolute atomic E-state index is 0.158. The fourth-order valence-electron chi connectivity index (χ4n) is 5.35. The third-order valence-electron chi connectivity index (χ3n) is 7.30. The van der Waals surface area contributed by atoms with E-state index in [4.69, 9.17) is 19.7 Å². The van der Waals surface area contributed by atoms with E-state index in [1.807, 2.05) is 17.9 Å². The van der Waals surface area contributed by atoms with Gasteiger partial charge in [0, 0.05) is 49.7 Å². The highest BCUT2D eigenvalue weighted by Gasteiger charge is 2.52.